The van der Waals surface area contributed by atoms with E-state index in [2.05, 4.69) is 5.32 Å². The first-order valence-corrected chi connectivity index (χ1v) is 8.47. The highest BCUT2D eigenvalue weighted by Crippen LogP contribution is 2.38. The van der Waals surface area contributed by atoms with Crippen LogP contribution in [0.4, 0.5) is 23.7 Å². The van der Waals surface area contributed by atoms with Crippen LogP contribution in [0.5, 0.6) is 11.5 Å². The summed E-state index contributed by atoms with van der Waals surface area (Å²) in [5.74, 6) is -1.64. The maximum absolute atomic E-state index is 13.0. The average molecular weight is 394 g/mol. The van der Waals surface area contributed by atoms with E-state index >= 15 is 0 Å². The van der Waals surface area contributed by atoms with E-state index in [1.54, 1.807) is 0 Å². The number of likely N-dealkylation sites (tertiary alicyclic amines) is 1. The molecule has 2 N–H and O–H groups in total. The normalized spacial score (nSPS) is 16.7. The molecule has 0 spiro atoms. The summed E-state index contributed by atoms with van der Waals surface area (Å²) in [7, 11) is 0. The van der Waals surface area contributed by atoms with Crippen LogP contribution in [0.3, 0.4) is 0 Å². The standard InChI is InChI=1S/C19H17F3N2O4/c20-19(21,22)15-3-1-2-4-16(15)28-14-7-5-13(6-8-14)23-18(27)24-10-9-12(11-24)17(25)26/h1-8,12H,9-11H2,(H,23,27)(H,25,26). The number of carboxylic acid groups (broad SMARTS) is 1. The summed E-state index contributed by atoms with van der Waals surface area (Å²) in [5, 5.41) is 11.6. The van der Waals surface area contributed by atoms with E-state index in [9.17, 15) is 22.8 Å². The second kappa shape index (κ2) is 7.79. The maximum Gasteiger partial charge on any atom is 0.419 e. The van der Waals surface area contributed by atoms with Gasteiger partial charge in [0.05, 0.1) is 11.5 Å². The molecule has 6 nitrogen and oxygen atoms in total. The van der Waals surface area contributed by atoms with Crippen molar-refractivity contribution in [3.05, 3.63) is 54.1 Å². The number of anilines is 1. The number of carboxylic acids is 1. The van der Waals surface area contributed by atoms with Gasteiger partial charge in [0.2, 0.25) is 0 Å². The molecule has 28 heavy (non-hydrogen) atoms. The molecule has 1 aliphatic heterocycles. The number of rotatable bonds is 4. The highest BCUT2D eigenvalue weighted by atomic mass is 19.4. The van der Waals surface area contributed by atoms with Crippen LogP contribution in [0, 0.1) is 5.92 Å². The third-order valence-electron chi connectivity index (χ3n) is 4.35. The summed E-state index contributed by atoms with van der Waals surface area (Å²) < 4.78 is 44.4. The lowest BCUT2D eigenvalue weighted by Crippen LogP contribution is -2.33. The van der Waals surface area contributed by atoms with E-state index in [-0.39, 0.29) is 18.0 Å². The van der Waals surface area contributed by atoms with Crippen LogP contribution >= 0.6 is 0 Å². The number of hydrogen-bond donors (Lipinski definition) is 2. The smallest absolute Gasteiger partial charge is 0.419 e. The molecule has 1 atom stereocenters. The molecule has 2 amide bonds. The van der Waals surface area contributed by atoms with Crippen molar-refractivity contribution >= 4 is 17.7 Å². The summed E-state index contributed by atoms with van der Waals surface area (Å²) in [4.78, 5) is 24.5. The molecule has 0 bridgehead atoms. The Morgan fingerprint density at radius 2 is 1.79 bits per heavy atom. The Balaban J connectivity index is 1.63. The van der Waals surface area contributed by atoms with Crippen molar-refractivity contribution in [2.75, 3.05) is 18.4 Å². The number of carbonyl (C=O) groups excluding carboxylic acids is 1. The number of benzene rings is 2. The molecule has 2 aromatic carbocycles. The van der Waals surface area contributed by atoms with E-state index in [0.29, 0.717) is 18.7 Å². The van der Waals surface area contributed by atoms with Crippen molar-refractivity contribution in [1.29, 1.82) is 0 Å². The van der Waals surface area contributed by atoms with Crippen LogP contribution in [0.1, 0.15) is 12.0 Å². The largest absolute Gasteiger partial charge is 0.481 e. The lowest BCUT2D eigenvalue weighted by atomic mass is 10.1. The number of aliphatic carboxylic acids is 1. The number of hydrogen-bond acceptors (Lipinski definition) is 3. The first-order chi connectivity index (χ1) is 13.2. The van der Waals surface area contributed by atoms with Gasteiger partial charge in [-0.3, -0.25) is 4.79 Å². The SMILES string of the molecule is O=C(O)C1CCN(C(=O)Nc2ccc(Oc3ccccc3C(F)(F)F)cc2)C1. The van der Waals surface area contributed by atoms with Crippen LogP contribution in [0.25, 0.3) is 0 Å². The van der Waals surface area contributed by atoms with Crippen molar-refractivity contribution in [2.24, 2.45) is 5.92 Å². The molecule has 1 unspecified atom stereocenters. The fraction of sp³-hybridized carbons (Fsp3) is 0.263. The quantitative estimate of drug-likeness (QED) is 0.804. The van der Waals surface area contributed by atoms with Crippen LogP contribution < -0.4 is 10.1 Å². The van der Waals surface area contributed by atoms with Crippen molar-refractivity contribution in [2.45, 2.75) is 12.6 Å². The van der Waals surface area contributed by atoms with Crippen LogP contribution in [-0.2, 0) is 11.0 Å². The fourth-order valence-corrected chi connectivity index (χ4v) is 2.87. The van der Waals surface area contributed by atoms with Crippen molar-refractivity contribution in [1.82, 2.24) is 4.90 Å². The zero-order valence-corrected chi connectivity index (χ0v) is 14.6. The second-order valence-electron chi connectivity index (χ2n) is 6.32. The number of nitrogens with zero attached hydrogens (tertiary/aromatic N) is 1. The van der Waals surface area contributed by atoms with Crippen LogP contribution in [-0.4, -0.2) is 35.1 Å². The summed E-state index contributed by atoms with van der Waals surface area (Å²) >= 11 is 0. The maximum atomic E-state index is 13.0. The summed E-state index contributed by atoms with van der Waals surface area (Å²) in [6, 6.07) is 10.3. The van der Waals surface area contributed by atoms with E-state index < -0.39 is 29.7 Å². The van der Waals surface area contributed by atoms with E-state index in [1.165, 1.54) is 47.4 Å². The minimum atomic E-state index is -4.53. The highest BCUT2D eigenvalue weighted by Gasteiger charge is 2.34. The Labute approximate surface area is 158 Å². The predicted octanol–water partition coefficient (Wildman–Crippen LogP) is 4.44. The number of halogens is 3. The lowest BCUT2D eigenvalue weighted by Gasteiger charge is -2.17. The molecule has 148 valence electrons. The zero-order chi connectivity index (χ0) is 20.3. The van der Waals surface area contributed by atoms with E-state index in [4.69, 9.17) is 9.84 Å². The molecule has 2 aromatic rings. The molecule has 0 saturated carbocycles. The molecule has 1 fully saturated rings. The molecular formula is C19H17F3N2O4. The Bertz CT molecular complexity index is 868. The number of ether oxygens (including phenoxy) is 1. The number of para-hydroxylation sites is 1. The number of carbonyl (C=O) groups is 2. The van der Waals surface area contributed by atoms with Gasteiger partial charge in [0.15, 0.2) is 0 Å². The van der Waals surface area contributed by atoms with Gasteiger partial charge in [-0.1, -0.05) is 12.1 Å². The number of nitrogens with one attached hydrogen (secondary N) is 1. The van der Waals surface area contributed by atoms with Crippen molar-refractivity contribution < 1.29 is 32.6 Å². The van der Waals surface area contributed by atoms with Gasteiger partial charge in [0.25, 0.3) is 0 Å². The monoisotopic (exact) mass is 394 g/mol. The van der Waals surface area contributed by atoms with Crippen molar-refractivity contribution in [3.63, 3.8) is 0 Å². The van der Waals surface area contributed by atoms with Gasteiger partial charge < -0.3 is 20.1 Å². The van der Waals surface area contributed by atoms with Gasteiger partial charge in [0.1, 0.15) is 11.5 Å². The number of alkyl halides is 3. The van der Waals surface area contributed by atoms with Crippen LogP contribution in [0.2, 0.25) is 0 Å². The zero-order valence-electron chi connectivity index (χ0n) is 14.6. The topological polar surface area (TPSA) is 78.9 Å². The Kier molecular flexibility index (Phi) is 5.43. The van der Waals surface area contributed by atoms with Crippen LogP contribution in [0.15, 0.2) is 48.5 Å². The average Bonchev–Trinajstić information content (AvgIpc) is 3.14. The van der Waals surface area contributed by atoms with Crippen molar-refractivity contribution in [3.8, 4) is 11.5 Å². The molecule has 1 heterocycles. The van der Waals surface area contributed by atoms with Gasteiger partial charge >= 0.3 is 18.2 Å². The molecule has 0 aromatic heterocycles. The third-order valence-corrected chi connectivity index (χ3v) is 4.35. The number of urea groups is 1. The van der Waals surface area contributed by atoms with Gasteiger partial charge in [-0.25, -0.2) is 4.79 Å². The second-order valence-corrected chi connectivity index (χ2v) is 6.32. The predicted molar refractivity (Wildman–Crippen MR) is 94.3 cm³/mol. The molecule has 0 radical (unpaired) electrons. The van der Waals surface area contributed by atoms with Gasteiger partial charge in [-0.05, 0) is 42.8 Å². The summed E-state index contributed by atoms with van der Waals surface area (Å²) in [6.07, 6.45) is -4.14. The van der Waals surface area contributed by atoms with E-state index in [1.807, 2.05) is 0 Å². The minimum Gasteiger partial charge on any atom is -0.481 e. The Morgan fingerprint density at radius 3 is 2.39 bits per heavy atom. The Hall–Kier alpha value is -3.23. The van der Waals surface area contributed by atoms with Gasteiger partial charge in [-0.2, -0.15) is 13.2 Å². The molecule has 0 aliphatic carbocycles. The molecule has 9 heteroatoms. The fourth-order valence-electron chi connectivity index (χ4n) is 2.87. The molecular weight excluding hydrogens is 377 g/mol. The first kappa shape index (κ1) is 19.5. The van der Waals surface area contributed by atoms with Gasteiger partial charge in [-0.15, -0.1) is 0 Å². The van der Waals surface area contributed by atoms with Gasteiger partial charge in [0, 0.05) is 18.8 Å². The summed E-state index contributed by atoms with van der Waals surface area (Å²) in [6.45, 7) is 0.481. The molecule has 1 aliphatic rings. The molecule has 3 rings (SSSR count). The Morgan fingerprint density at radius 1 is 1.11 bits per heavy atom. The minimum absolute atomic E-state index is 0.136. The number of amides is 2. The molecule has 1 saturated heterocycles. The highest BCUT2D eigenvalue weighted by molar-refractivity contribution is 5.90. The third kappa shape index (κ3) is 4.54. The lowest BCUT2D eigenvalue weighted by molar-refractivity contribution is -0.141. The van der Waals surface area contributed by atoms with E-state index in [0.717, 1.165) is 6.07 Å². The summed E-state index contributed by atoms with van der Waals surface area (Å²) in [5.41, 5.74) is -0.463. The first-order valence-electron chi connectivity index (χ1n) is 8.47.